The quantitative estimate of drug-likeness (QED) is 0.294. The van der Waals surface area contributed by atoms with E-state index in [9.17, 15) is 4.79 Å². The van der Waals surface area contributed by atoms with Crippen molar-refractivity contribution in [2.45, 2.75) is 13.3 Å². The average molecular weight is 271 g/mol. The zero-order valence-corrected chi connectivity index (χ0v) is 12.0. The molecule has 0 aromatic rings. The summed E-state index contributed by atoms with van der Waals surface area (Å²) >= 11 is 0. The molecule has 3 N–H and O–H groups in total. The maximum absolute atomic E-state index is 10.5. The monoisotopic (exact) mass is 271 g/mol. The van der Waals surface area contributed by atoms with E-state index < -0.39 is 0 Å². The van der Waals surface area contributed by atoms with E-state index in [2.05, 4.69) is 11.7 Å². The van der Waals surface area contributed by atoms with Crippen molar-refractivity contribution in [3.05, 3.63) is 19.1 Å². The third kappa shape index (κ3) is 48.9. The fourth-order valence-electron chi connectivity index (χ4n) is 0.357. The van der Waals surface area contributed by atoms with E-state index in [4.69, 9.17) is 15.3 Å². The summed E-state index contributed by atoms with van der Waals surface area (Å²) in [5.74, 6) is -0.291. The molecule has 98 valence electrons. The van der Waals surface area contributed by atoms with Gasteiger partial charge in [0.2, 0.25) is 0 Å². The second-order valence-electron chi connectivity index (χ2n) is 1.52. The van der Waals surface area contributed by atoms with Crippen molar-refractivity contribution >= 4 is 5.97 Å². The molecule has 0 rings (SSSR count). The molecule has 0 saturated carbocycles. The largest absolute Gasteiger partial charge is 0.465 e. The normalized spacial score (nSPS) is 6.75. The first-order valence-corrected chi connectivity index (χ1v) is 4.24. The number of rotatable bonds is 3. The zero-order chi connectivity index (χ0) is 13.1. The van der Waals surface area contributed by atoms with Crippen LogP contribution in [0.4, 0.5) is 0 Å². The molecule has 5 nitrogen and oxygen atoms in total. The van der Waals surface area contributed by atoms with Crippen LogP contribution in [0.5, 0.6) is 0 Å². The number of aliphatic hydroxyl groups is 3. The van der Waals surface area contributed by atoms with Gasteiger partial charge in [0.05, 0.1) is 6.61 Å². The van der Waals surface area contributed by atoms with Crippen molar-refractivity contribution in [1.82, 2.24) is 0 Å². The van der Waals surface area contributed by atoms with Gasteiger partial charge in [-0.25, -0.2) is 4.79 Å². The predicted octanol–water partition coefficient (Wildman–Crippen LogP) is 0.153. The summed E-state index contributed by atoms with van der Waals surface area (Å²) < 4.78 is 4.64. The van der Waals surface area contributed by atoms with Crippen LogP contribution in [0.25, 0.3) is 0 Å². The Balaban J connectivity index is -0.0000000498. The average Bonchev–Trinajstić information content (AvgIpc) is 2.34. The fourth-order valence-corrected chi connectivity index (χ4v) is 0.357. The topological polar surface area (TPSA) is 87.0 Å². The van der Waals surface area contributed by atoms with Gasteiger partial charge < -0.3 is 27.0 Å². The van der Waals surface area contributed by atoms with Gasteiger partial charge in [0.25, 0.3) is 0 Å². The van der Waals surface area contributed by atoms with Gasteiger partial charge in [-0.05, 0) is 6.92 Å². The Bertz CT molecular complexity index is 118. The van der Waals surface area contributed by atoms with Crippen molar-refractivity contribution in [2.75, 3.05) is 27.9 Å². The molecule has 0 radical (unpaired) electrons. The summed E-state index contributed by atoms with van der Waals surface area (Å²) in [7, 11) is 3.00. The van der Waals surface area contributed by atoms with Gasteiger partial charge in [-0.15, -0.1) is 6.42 Å². The number of hydrogen-bond acceptors (Lipinski definition) is 5. The van der Waals surface area contributed by atoms with Crippen molar-refractivity contribution in [3.63, 3.8) is 0 Å². The second kappa shape index (κ2) is 46.3. The molecule has 16 heavy (non-hydrogen) atoms. The summed E-state index contributed by atoms with van der Waals surface area (Å²) in [6.07, 6.45) is 3.66. The van der Waals surface area contributed by atoms with Crippen LogP contribution < -0.4 is 0 Å². The van der Waals surface area contributed by atoms with Crippen molar-refractivity contribution < 1.29 is 46.6 Å². The minimum atomic E-state index is -0.291. The summed E-state index contributed by atoms with van der Waals surface area (Å²) in [5.41, 5.74) is 0. The molecule has 0 aliphatic heterocycles. The molecule has 0 aromatic heterocycles. The van der Waals surface area contributed by atoms with Gasteiger partial charge in [0.15, 0.2) is 0 Å². The maximum atomic E-state index is 10.5. The van der Waals surface area contributed by atoms with Crippen LogP contribution in [0.1, 0.15) is 13.3 Å². The van der Waals surface area contributed by atoms with E-state index in [1.54, 1.807) is 13.0 Å². The van der Waals surface area contributed by atoms with Gasteiger partial charge in [0.1, 0.15) is 0 Å². The van der Waals surface area contributed by atoms with E-state index in [0.29, 0.717) is 13.0 Å². The Hall–Kier alpha value is -0.196. The molecule has 0 unspecified atom stereocenters. The predicted molar refractivity (Wildman–Crippen MR) is 60.2 cm³/mol. The Morgan fingerprint density at radius 1 is 1.19 bits per heavy atom. The molecule has 0 saturated heterocycles. The van der Waals surface area contributed by atoms with Crippen molar-refractivity contribution in [2.24, 2.45) is 0 Å². The van der Waals surface area contributed by atoms with Crippen LogP contribution in [-0.4, -0.2) is 49.2 Å². The van der Waals surface area contributed by atoms with Crippen LogP contribution in [0.15, 0.2) is 12.2 Å². The molecule has 0 amide bonds. The van der Waals surface area contributed by atoms with Crippen LogP contribution >= 0.6 is 0 Å². The van der Waals surface area contributed by atoms with Gasteiger partial charge in [-0.1, -0.05) is 6.08 Å². The molecule has 0 heterocycles. The van der Waals surface area contributed by atoms with E-state index in [1.807, 2.05) is 0 Å². The molecular weight excluding hydrogens is 248 g/mol. The summed E-state index contributed by atoms with van der Waals surface area (Å²) in [4.78, 5) is 10.5. The van der Waals surface area contributed by atoms with Crippen molar-refractivity contribution in [1.29, 1.82) is 0 Å². The van der Waals surface area contributed by atoms with E-state index in [1.165, 1.54) is 6.08 Å². The number of carbonyl (C=O) groups excluding carboxylic acids is 1. The Morgan fingerprint density at radius 3 is 1.81 bits per heavy atom. The third-order valence-electron chi connectivity index (χ3n) is 0.691. The smallest absolute Gasteiger partial charge is 0.330 e. The van der Waals surface area contributed by atoms with Gasteiger partial charge in [-0.3, -0.25) is 0 Å². The van der Waals surface area contributed by atoms with Crippen LogP contribution in [-0.2, 0) is 31.2 Å². The Kier molecular flexibility index (Phi) is 85.9. The molecule has 6 heteroatoms. The first kappa shape index (κ1) is 29.7. The van der Waals surface area contributed by atoms with Crippen LogP contribution in [0.3, 0.4) is 0 Å². The summed E-state index contributed by atoms with van der Waals surface area (Å²) in [5, 5.41) is 21.0. The molecular formula is C10H23O5Ti-. The fraction of sp³-hybridized carbons (Fsp3) is 0.600. The number of aliphatic hydroxyl groups excluding tert-OH is 3. The maximum Gasteiger partial charge on any atom is 0.330 e. The first-order valence-electron chi connectivity index (χ1n) is 4.24. The second-order valence-corrected chi connectivity index (χ2v) is 1.52. The Labute approximate surface area is 113 Å². The van der Waals surface area contributed by atoms with Gasteiger partial charge in [0, 0.05) is 49.1 Å². The van der Waals surface area contributed by atoms with Crippen LogP contribution in [0, 0.1) is 6.92 Å². The minimum absolute atomic E-state index is 0. The van der Waals surface area contributed by atoms with E-state index >= 15 is 0 Å². The molecule has 0 bridgehead atoms. The Morgan fingerprint density at radius 2 is 1.56 bits per heavy atom. The van der Waals surface area contributed by atoms with Crippen LogP contribution in [0.2, 0.25) is 0 Å². The molecule has 0 aliphatic carbocycles. The van der Waals surface area contributed by atoms with E-state index in [-0.39, 0.29) is 27.7 Å². The SMILES string of the molecule is CO.CO.CO.[CH2-]CCOC(=O)C=CC.[Ti]. The number of allylic oxidation sites excluding steroid dienone is 1. The van der Waals surface area contributed by atoms with Gasteiger partial charge in [-0.2, -0.15) is 0 Å². The first-order chi connectivity index (χ1) is 7.31. The van der Waals surface area contributed by atoms with Crippen molar-refractivity contribution in [3.8, 4) is 0 Å². The number of ether oxygens (including phenoxy) is 1. The molecule has 0 spiro atoms. The minimum Gasteiger partial charge on any atom is -0.465 e. The number of carbonyl (C=O) groups is 1. The molecule has 0 fully saturated rings. The summed E-state index contributed by atoms with van der Waals surface area (Å²) in [6.45, 7) is 5.69. The molecule has 0 aliphatic rings. The number of esters is 1. The number of hydrogen-bond donors (Lipinski definition) is 3. The summed E-state index contributed by atoms with van der Waals surface area (Å²) in [6, 6.07) is 0. The third-order valence-corrected chi connectivity index (χ3v) is 0.691. The van der Waals surface area contributed by atoms with Gasteiger partial charge >= 0.3 is 5.97 Å². The zero-order valence-electron chi connectivity index (χ0n) is 10.4. The van der Waals surface area contributed by atoms with E-state index in [0.717, 1.165) is 21.3 Å². The molecule has 0 atom stereocenters. The molecule has 0 aromatic carbocycles. The standard InChI is InChI=1S/C7H11O2.3CH4O.Ti/c1-3-5-7(8)9-6-4-2;3*1-2;/h3,5H,2,4,6H2,1H3;3*2H,1H3;/q-1;;;;.